The van der Waals surface area contributed by atoms with Crippen LogP contribution in [0.1, 0.15) is 30.0 Å². The molecule has 2 aromatic rings. The Kier molecular flexibility index (Phi) is 4.02. The highest BCUT2D eigenvalue weighted by Gasteiger charge is 2.21. The third-order valence-corrected chi connectivity index (χ3v) is 4.26. The first-order chi connectivity index (χ1) is 10.2. The van der Waals surface area contributed by atoms with Gasteiger partial charge in [0.05, 0.1) is 23.9 Å². The number of fused-ring (bicyclic) bond motifs is 1. The van der Waals surface area contributed by atoms with Crippen molar-refractivity contribution < 1.29 is 9.13 Å². The second-order valence-corrected chi connectivity index (χ2v) is 5.69. The van der Waals surface area contributed by atoms with Gasteiger partial charge in [0.1, 0.15) is 11.6 Å². The van der Waals surface area contributed by atoms with Crippen LogP contribution in [0.5, 0.6) is 5.75 Å². The fourth-order valence-electron chi connectivity index (χ4n) is 2.85. The molecule has 0 amide bonds. The first-order valence-corrected chi connectivity index (χ1v) is 7.43. The van der Waals surface area contributed by atoms with Crippen molar-refractivity contribution in [3.05, 3.63) is 58.4 Å². The lowest BCUT2D eigenvalue weighted by atomic mass is 9.87. The van der Waals surface area contributed by atoms with Crippen molar-refractivity contribution in [2.24, 2.45) is 0 Å². The number of methoxy groups -OCH3 is 1. The molecule has 0 heterocycles. The predicted molar refractivity (Wildman–Crippen MR) is 83.7 cm³/mol. The Morgan fingerprint density at radius 1 is 1.24 bits per heavy atom. The monoisotopic (exact) mass is 305 g/mol. The van der Waals surface area contributed by atoms with E-state index < -0.39 is 0 Å². The number of halogens is 2. The summed E-state index contributed by atoms with van der Waals surface area (Å²) in [5, 5.41) is 3.90. The van der Waals surface area contributed by atoms with Gasteiger partial charge in [-0.2, -0.15) is 0 Å². The number of anilines is 1. The zero-order valence-corrected chi connectivity index (χ0v) is 12.6. The maximum absolute atomic E-state index is 13.4. The highest BCUT2D eigenvalue weighted by atomic mass is 35.5. The summed E-state index contributed by atoms with van der Waals surface area (Å²) < 4.78 is 18.7. The van der Waals surface area contributed by atoms with Crippen LogP contribution < -0.4 is 10.1 Å². The average molecular weight is 306 g/mol. The molecule has 3 rings (SSSR count). The Balaban J connectivity index is 1.92. The van der Waals surface area contributed by atoms with Gasteiger partial charge >= 0.3 is 0 Å². The second-order valence-electron chi connectivity index (χ2n) is 5.28. The topological polar surface area (TPSA) is 21.3 Å². The van der Waals surface area contributed by atoms with Gasteiger partial charge in [-0.3, -0.25) is 0 Å². The summed E-state index contributed by atoms with van der Waals surface area (Å²) in [6.07, 6.45) is 3.16. The summed E-state index contributed by atoms with van der Waals surface area (Å²) in [5.74, 6) is 0.552. The van der Waals surface area contributed by atoms with Crippen LogP contribution in [0.3, 0.4) is 0 Å². The van der Waals surface area contributed by atoms with Crippen LogP contribution >= 0.6 is 11.6 Å². The van der Waals surface area contributed by atoms with E-state index in [0.717, 1.165) is 25.0 Å². The number of nitrogens with one attached hydrogen (secondary N) is 1. The van der Waals surface area contributed by atoms with Crippen molar-refractivity contribution in [2.45, 2.75) is 25.3 Å². The molecule has 0 spiro atoms. The largest absolute Gasteiger partial charge is 0.497 e. The van der Waals surface area contributed by atoms with E-state index in [1.807, 2.05) is 6.07 Å². The Morgan fingerprint density at radius 3 is 2.90 bits per heavy atom. The van der Waals surface area contributed by atoms with Gasteiger partial charge in [-0.25, -0.2) is 4.39 Å². The Labute approximate surface area is 128 Å². The molecule has 0 saturated heterocycles. The Hall–Kier alpha value is -1.74. The van der Waals surface area contributed by atoms with Crippen LogP contribution in [0.2, 0.25) is 5.02 Å². The first-order valence-electron chi connectivity index (χ1n) is 7.06. The molecular formula is C17H17ClFNO. The molecule has 110 valence electrons. The van der Waals surface area contributed by atoms with Gasteiger partial charge in [-0.15, -0.1) is 0 Å². The smallest absolute Gasteiger partial charge is 0.125 e. The van der Waals surface area contributed by atoms with Gasteiger partial charge in [-0.1, -0.05) is 17.7 Å². The SMILES string of the molecule is COc1ccc2c(c1)C(Nc1cc(F)ccc1Cl)CCC2. The van der Waals surface area contributed by atoms with E-state index in [9.17, 15) is 4.39 Å². The van der Waals surface area contributed by atoms with Gasteiger partial charge in [0.15, 0.2) is 0 Å². The van der Waals surface area contributed by atoms with Crippen molar-refractivity contribution in [3.8, 4) is 5.75 Å². The maximum atomic E-state index is 13.4. The van der Waals surface area contributed by atoms with E-state index in [2.05, 4.69) is 17.4 Å². The second kappa shape index (κ2) is 5.94. The van der Waals surface area contributed by atoms with Crippen LogP contribution in [-0.2, 0) is 6.42 Å². The lowest BCUT2D eigenvalue weighted by Crippen LogP contribution is -2.17. The van der Waals surface area contributed by atoms with E-state index in [-0.39, 0.29) is 11.9 Å². The van der Waals surface area contributed by atoms with Crippen LogP contribution in [0.15, 0.2) is 36.4 Å². The van der Waals surface area contributed by atoms with Crippen molar-refractivity contribution >= 4 is 17.3 Å². The van der Waals surface area contributed by atoms with E-state index in [4.69, 9.17) is 16.3 Å². The minimum Gasteiger partial charge on any atom is -0.497 e. The van der Waals surface area contributed by atoms with Crippen molar-refractivity contribution in [1.29, 1.82) is 0 Å². The molecule has 21 heavy (non-hydrogen) atoms. The lowest BCUT2D eigenvalue weighted by Gasteiger charge is -2.28. The van der Waals surface area contributed by atoms with Gasteiger partial charge in [0, 0.05) is 0 Å². The summed E-state index contributed by atoms with van der Waals surface area (Å²) in [7, 11) is 1.66. The molecule has 1 unspecified atom stereocenters. The van der Waals surface area contributed by atoms with E-state index in [1.165, 1.54) is 23.3 Å². The fraction of sp³-hybridized carbons (Fsp3) is 0.294. The molecule has 1 aliphatic carbocycles. The summed E-state index contributed by atoms with van der Waals surface area (Å²) >= 11 is 6.15. The molecule has 2 nitrogen and oxygen atoms in total. The predicted octanol–water partition coefficient (Wildman–Crippen LogP) is 4.98. The first kappa shape index (κ1) is 14.2. The van der Waals surface area contributed by atoms with Crippen molar-refractivity contribution in [2.75, 3.05) is 12.4 Å². The molecule has 4 heteroatoms. The van der Waals surface area contributed by atoms with Crippen molar-refractivity contribution in [1.82, 2.24) is 0 Å². The number of hydrogen-bond donors (Lipinski definition) is 1. The normalized spacial score (nSPS) is 17.2. The molecule has 0 fully saturated rings. The average Bonchev–Trinajstić information content (AvgIpc) is 2.51. The molecule has 1 atom stereocenters. The molecular weight excluding hydrogens is 289 g/mol. The molecule has 0 aromatic heterocycles. The van der Waals surface area contributed by atoms with Gasteiger partial charge in [0.25, 0.3) is 0 Å². The fourth-order valence-corrected chi connectivity index (χ4v) is 3.02. The number of ether oxygens (including phenoxy) is 1. The molecule has 0 aliphatic heterocycles. The molecule has 0 radical (unpaired) electrons. The van der Waals surface area contributed by atoms with E-state index >= 15 is 0 Å². The summed E-state index contributed by atoms with van der Waals surface area (Å²) in [6, 6.07) is 10.7. The zero-order chi connectivity index (χ0) is 14.8. The standard InChI is InChI=1S/C17H17ClFNO/c1-21-13-7-5-11-3-2-4-16(14(11)10-13)20-17-9-12(19)6-8-15(17)18/h5-10,16,20H,2-4H2,1H3. The van der Waals surface area contributed by atoms with Gasteiger partial charge in [-0.05, 0) is 60.7 Å². The number of benzene rings is 2. The molecule has 1 N–H and O–H groups in total. The number of hydrogen-bond acceptors (Lipinski definition) is 2. The van der Waals surface area contributed by atoms with Crippen LogP contribution in [0, 0.1) is 5.82 Å². The highest BCUT2D eigenvalue weighted by molar-refractivity contribution is 6.33. The number of rotatable bonds is 3. The number of aryl methyl sites for hydroxylation is 1. The van der Waals surface area contributed by atoms with Crippen LogP contribution in [0.4, 0.5) is 10.1 Å². The van der Waals surface area contributed by atoms with Gasteiger partial charge < -0.3 is 10.1 Å². The minimum atomic E-state index is -0.288. The molecule has 2 aromatic carbocycles. The third-order valence-electron chi connectivity index (χ3n) is 3.93. The Morgan fingerprint density at radius 2 is 2.10 bits per heavy atom. The van der Waals surface area contributed by atoms with E-state index in [1.54, 1.807) is 13.2 Å². The lowest BCUT2D eigenvalue weighted by molar-refractivity contribution is 0.413. The maximum Gasteiger partial charge on any atom is 0.125 e. The quantitative estimate of drug-likeness (QED) is 0.863. The third kappa shape index (κ3) is 2.98. The van der Waals surface area contributed by atoms with Crippen molar-refractivity contribution in [3.63, 3.8) is 0 Å². The Bertz CT molecular complexity index is 659. The van der Waals surface area contributed by atoms with Crippen LogP contribution in [-0.4, -0.2) is 7.11 Å². The summed E-state index contributed by atoms with van der Waals surface area (Å²) in [6.45, 7) is 0. The molecule has 0 saturated carbocycles. The minimum absolute atomic E-state index is 0.128. The van der Waals surface area contributed by atoms with Gasteiger partial charge in [0.2, 0.25) is 0 Å². The molecule has 1 aliphatic rings. The highest BCUT2D eigenvalue weighted by Crippen LogP contribution is 2.36. The molecule has 0 bridgehead atoms. The summed E-state index contributed by atoms with van der Waals surface area (Å²) in [5.41, 5.74) is 3.16. The summed E-state index contributed by atoms with van der Waals surface area (Å²) in [4.78, 5) is 0. The van der Waals surface area contributed by atoms with Crippen LogP contribution in [0.25, 0.3) is 0 Å². The van der Waals surface area contributed by atoms with E-state index in [0.29, 0.717) is 10.7 Å². The zero-order valence-electron chi connectivity index (χ0n) is 11.8.